The molecule has 0 amide bonds. The Morgan fingerprint density at radius 1 is 0.168 bits per heavy atom. The maximum Gasteiger partial charge on any atom is 0.0980 e. The summed E-state index contributed by atoms with van der Waals surface area (Å²) in [5.41, 5.74) is 30.3. The number of benzene rings is 23. The van der Waals surface area contributed by atoms with Gasteiger partial charge in [0.1, 0.15) is 0 Å². The van der Waals surface area contributed by atoms with Crippen molar-refractivity contribution in [3.8, 4) is 78.9 Å². The molecule has 29 aromatic rings. The highest BCUT2D eigenvalue weighted by Crippen LogP contribution is 2.52. The fourth-order valence-corrected chi connectivity index (χ4v) is 23.2. The van der Waals surface area contributed by atoms with Crippen LogP contribution in [0.3, 0.4) is 0 Å². The van der Waals surface area contributed by atoms with Crippen molar-refractivity contribution in [1.29, 1.82) is 0 Å². The van der Waals surface area contributed by atoms with Gasteiger partial charge in [0.2, 0.25) is 0 Å². The number of nitrogens with zero attached hydrogens (tertiary/aromatic N) is 8. The van der Waals surface area contributed by atoms with Gasteiger partial charge in [-0.2, -0.15) is 0 Å². The van der Waals surface area contributed by atoms with Crippen molar-refractivity contribution >= 4 is 195 Å². The van der Waals surface area contributed by atoms with E-state index in [9.17, 15) is 0 Å². The van der Waals surface area contributed by atoms with Gasteiger partial charge < -0.3 is 18.3 Å². The zero-order chi connectivity index (χ0) is 90.0. The molecule has 1 aliphatic rings. The van der Waals surface area contributed by atoms with E-state index >= 15 is 0 Å². The molecule has 6 aromatic heterocycles. The summed E-state index contributed by atoms with van der Waals surface area (Å²) in [5, 5.41) is 29.1. The average molecular weight is 1740 g/mol. The summed E-state index contributed by atoms with van der Waals surface area (Å²) < 4.78 is 9.79. The second kappa shape index (κ2) is 29.5. The Morgan fingerprint density at radius 3 is 1.05 bits per heavy atom. The number of rotatable bonds is 8. The predicted octanol–water partition coefficient (Wildman–Crippen LogP) is 33.8. The molecule has 0 saturated heterocycles. The molecule has 23 aromatic carbocycles. The van der Waals surface area contributed by atoms with Gasteiger partial charge in [-0.1, -0.05) is 305 Å². The first-order valence-corrected chi connectivity index (χ1v) is 47.2. The van der Waals surface area contributed by atoms with Crippen molar-refractivity contribution in [2.45, 2.75) is 19.3 Å². The molecule has 0 bridgehead atoms. The van der Waals surface area contributed by atoms with E-state index in [4.69, 9.17) is 19.9 Å². The van der Waals surface area contributed by atoms with E-state index in [1.165, 1.54) is 163 Å². The third kappa shape index (κ3) is 11.7. The Bertz CT molecular complexity index is 10300. The van der Waals surface area contributed by atoms with E-state index in [-0.39, 0.29) is 5.41 Å². The first kappa shape index (κ1) is 76.7. The molecule has 6 heterocycles. The molecular weight excluding hydrogens is 1660 g/mol. The molecule has 1 aliphatic carbocycles. The third-order valence-electron chi connectivity index (χ3n) is 29.6. The molecule has 8 heteroatoms. The summed E-state index contributed by atoms with van der Waals surface area (Å²) in [6.45, 7) is 4.67. The quantitative estimate of drug-likeness (QED) is 0.142. The summed E-state index contributed by atoms with van der Waals surface area (Å²) >= 11 is 0. The lowest BCUT2D eigenvalue weighted by Crippen LogP contribution is -2.15. The van der Waals surface area contributed by atoms with Crippen LogP contribution in [0, 0.1) is 0 Å². The predicted molar refractivity (Wildman–Crippen MR) is 576 cm³/mol. The van der Waals surface area contributed by atoms with Crippen LogP contribution in [-0.4, -0.2) is 38.2 Å². The van der Waals surface area contributed by atoms with Crippen molar-refractivity contribution < 1.29 is 0 Å². The molecule has 0 atom stereocenters. The van der Waals surface area contributed by atoms with Gasteiger partial charge in [0.05, 0.1) is 94.7 Å². The van der Waals surface area contributed by atoms with Crippen molar-refractivity contribution in [1.82, 2.24) is 38.2 Å². The first-order valence-electron chi connectivity index (χ1n) is 47.2. The van der Waals surface area contributed by atoms with Gasteiger partial charge in [-0.05, 0) is 261 Å². The fraction of sp³-hybridized carbons (Fsp3) is 0.0233. The first-order chi connectivity index (χ1) is 67.6. The van der Waals surface area contributed by atoms with Gasteiger partial charge in [0, 0.05) is 93.2 Å². The molecule has 8 nitrogen and oxygen atoms in total. The van der Waals surface area contributed by atoms with Crippen LogP contribution >= 0.6 is 0 Å². The summed E-state index contributed by atoms with van der Waals surface area (Å²) in [6, 6.07) is 164. The van der Waals surface area contributed by atoms with E-state index < -0.39 is 0 Å². The molecule has 0 unspecified atom stereocenters. The van der Waals surface area contributed by atoms with Gasteiger partial charge in [0.15, 0.2) is 0 Å². The van der Waals surface area contributed by atoms with Gasteiger partial charge in [-0.15, -0.1) is 0 Å². The molecule has 30 rings (SSSR count). The fourth-order valence-electron chi connectivity index (χ4n) is 23.2. The van der Waals surface area contributed by atoms with Crippen LogP contribution in [0.15, 0.2) is 449 Å². The standard InChI is InChI=1S/C65H42N4.C64H38N4/c1-65(2)54-22-10-7-18-46(54)47-30-28-42(36-55(47)65)63-64(67-57-24-12-11-23-56(57)66-63)51-31-32-60(48-19-6-5-17-45(48)51)69-59-26-14-9-21-50(59)53-35-43-33-44(29-27-41(43)38-62(53)69)68-58-25-13-8-20-49(58)52-34-39-15-3-4-16-40(39)37-61(52)68;1-2-15-42-36-61-54(33-41(42)14-1)51-19-7-11-23-59(51)67(61)47-30-29-43-37-62-55(35-46(43)32-47)52-20-8-12-24-60(52)68(62)48-31-44-16-4-6-18-50(44)56(38-48)64-63(65-57-21-9-10-22-58(57)66-64)45-28-27-40-26-25-39-13-3-5-17-49(39)53(40)34-45/h3-38H,1-2H3;1-38H. The van der Waals surface area contributed by atoms with E-state index in [1.807, 2.05) is 18.2 Å². The number of hydrogen-bond acceptors (Lipinski definition) is 4. The van der Waals surface area contributed by atoms with Crippen LogP contribution in [0.4, 0.5) is 0 Å². The van der Waals surface area contributed by atoms with Gasteiger partial charge in [-0.25, -0.2) is 19.9 Å². The summed E-state index contributed by atoms with van der Waals surface area (Å²) in [5.74, 6) is 0. The smallest absolute Gasteiger partial charge is 0.0980 e. The molecule has 0 fully saturated rings. The third-order valence-corrected chi connectivity index (χ3v) is 29.6. The highest BCUT2D eigenvalue weighted by molar-refractivity contribution is 6.21. The SMILES string of the molecule is CC1(C)c2ccccc2-c2ccc(-c3nc4ccccc4nc3-c3ccc(-n4c5ccccc5c5cc6cc(-n7c8ccccc8c8cc9ccccc9cc87)ccc6cc54)c4ccccc34)cc21.c1ccc2cc3c(cc2c1)c1ccccc1n3-c1ccc2cc3c(cc2c1)c1ccccc1n3-c1cc(-c2nc3ccccc3nc2-c2ccc3ccc4ccccc4c3c2)c2ccccc2c1. The van der Waals surface area contributed by atoms with Crippen molar-refractivity contribution in [2.75, 3.05) is 0 Å². The lowest BCUT2D eigenvalue weighted by molar-refractivity contribution is 0.660. The molecule has 636 valence electrons. The number of fused-ring (bicyclic) bond motifs is 26. The Labute approximate surface area is 786 Å². The zero-order valence-corrected chi connectivity index (χ0v) is 74.8. The molecule has 0 N–H and O–H groups in total. The maximum atomic E-state index is 5.51. The summed E-state index contributed by atoms with van der Waals surface area (Å²) in [6.07, 6.45) is 0. The monoisotopic (exact) mass is 1740 g/mol. The highest BCUT2D eigenvalue weighted by atomic mass is 15.0. The van der Waals surface area contributed by atoms with Crippen LogP contribution in [0.5, 0.6) is 0 Å². The van der Waals surface area contributed by atoms with Crippen LogP contribution in [0.25, 0.3) is 274 Å². The number of para-hydroxylation sites is 8. The molecule has 0 spiro atoms. The summed E-state index contributed by atoms with van der Waals surface area (Å²) in [4.78, 5) is 21.9. The van der Waals surface area contributed by atoms with E-state index in [0.29, 0.717) is 0 Å². The minimum absolute atomic E-state index is 0.140. The van der Waals surface area contributed by atoms with Crippen molar-refractivity contribution in [3.05, 3.63) is 460 Å². The van der Waals surface area contributed by atoms with Crippen LogP contribution in [0.1, 0.15) is 25.0 Å². The molecule has 0 aliphatic heterocycles. The van der Waals surface area contributed by atoms with Crippen LogP contribution in [0.2, 0.25) is 0 Å². The Hall–Kier alpha value is -18.0. The molecule has 0 radical (unpaired) electrons. The maximum absolute atomic E-state index is 5.51. The largest absolute Gasteiger partial charge is 0.309 e. The van der Waals surface area contributed by atoms with Gasteiger partial charge in [-0.3, -0.25) is 0 Å². The van der Waals surface area contributed by atoms with Crippen molar-refractivity contribution in [3.63, 3.8) is 0 Å². The van der Waals surface area contributed by atoms with Crippen LogP contribution < -0.4 is 0 Å². The van der Waals surface area contributed by atoms with E-state index in [2.05, 4.69) is 463 Å². The Kier molecular flexibility index (Phi) is 16.5. The molecule has 137 heavy (non-hydrogen) atoms. The van der Waals surface area contributed by atoms with Gasteiger partial charge in [0.25, 0.3) is 0 Å². The average Bonchev–Trinajstić information content (AvgIpc) is 1.56. The number of hydrogen-bond donors (Lipinski definition) is 0. The lowest BCUT2D eigenvalue weighted by Gasteiger charge is -2.22. The second-order valence-electron chi connectivity index (χ2n) is 37.5. The second-order valence-corrected chi connectivity index (χ2v) is 37.5. The van der Waals surface area contributed by atoms with E-state index in [1.54, 1.807) is 0 Å². The van der Waals surface area contributed by atoms with Crippen LogP contribution in [-0.2, 0) is 5.41 Å². The van der Waals surface area contributed by atoms with Crippen molar-refractivity contribution in [2.24, 2.45) is 0 Å². The zero-order valence-electron chi connectivity index (χ0n) is 74.8. The Morgan fingerprint density at radius 2 is 0.511 bits per heavy atom. The number of aromatic nitrogens is 8. The molecule has 0 saturated carbocycles. The highest BCUT2D eigenvalue weighted by Gasteiger charge is 2.36. The molecular formula is C129H80N8. The Balaban J connectivity index is 0.000000132. The topological polar surface area (TPSA) is 71.3 Å². The minimum Gasteiger partial charge on any atom is -0.309 e. The minimum atomic E-state index is -0.140. The van der Waals surface area contributed by atoms with E-state index in [0.717, 1.165) is 122 Å². The lowest BCUT2D eigenvalue weighted by atomic mass is 9.81. The normalized spacial score (nSPS) is 12.7. The summed E-state index contributed by atoms with van der Waals surface area (Å²) in [7, 11) is 0. The van der Waals surface area contributed by atoms with Gasteiger partial charge >= 0.3 is 0 Å².